The smallest absolute Gasteiger partial charge is 0.214 e. The molecule has 0 aliphatic heterocycles. The summed E-state index contributed by atoms with van der Waals surface area (Å²) in [5, 5.41) is 7.57. The summed E-state index contributed by atoms with van der Waals surface area (Å²) in [5.74, 6) is 1.24. The van der Waals surface area contributed by atoms with Crippen LogP contribution < -0.4 is 14.9 Å². The number of hydrogen-bond acceptors (Lipinski definition) is 5. The van der Waals surface area contributed by atoms with Gasteiger partial charge in [0.05, 0.1) is 23.7 Å². The first-order valence-electron chi connectivity index (χ1n) is 8.76. The van der Waals surface area contributed by atoms with Crippen molar-refractivity contribution < 1.29 is 13.9 Å². The summed E-state index contributed by atoms with van der Waals surface area (Å²) >= 11 is 17.7. The van der Waals surface area contributed by atoms with Crippen molar-refractivity contribution in [1.29, 1.82) is 0 Å². The standard InChI is InChI=1S/C19H19Cl2FN4O2S/c1-3-17-24-25-19(29)26(17)23-9-11-6-15(21)18(16(7-11)27-2)28-10-12-4-5-13(22)8-14(12)20/h4-8,23H,3,9-10H2,1-2H3,(H,25,29). The van der Waals surface area contributed by atoms with Gasteiger partial charge in [0.1, 0.15) is 12.4 Å². The van der Waals surface area contributed by atoms with Crippen molar-refractivity contribution in [2.75, 3.05) is 12.5 Å². The number of H-pyrrole nitrogens is 1. The Balaban J connectivity index is 1.76. The van der Waals surface area contributed by atoms with Gasteiger partial charge in [0, 0.05) is 12.0 Å². The second-order valence-corrected chi connectivity index (χ2v) is 7.30. The SMILES string of the molecule is CCc1n[nH]c(=S)n1NCc1cc(Cl)c(OCc2ccc(F)cc2Cl)c(OC)c1. The molecule has 154 valence electrons. The lowest BCUT2D eigenvalue weighted by Gasteiger charge is -2.16. The number of hydrogen-bond donors (Lipinski definition) is 2. The highest BCUT2D eigenvalue weighted by Crippen LogP contribution is 2.37. The Morgan fingerprint density at radius 3 is 2.72 bits per heavy atom. The molecule has 0 unspecified atom stereocenters. The van der Waals surface area contributed by atoms with Crippen molar-refractivity contribution in [3.05, 3.63) is 67.9 Å². The average Bonchev–Trinajstić information content (AvgIpc) is 3.06. The molecule has 3 aromatic rings. The first-order valence-corrected chi connectivity index (χ1v) is 9.92. The fraction of sp³-hybridized carbons (Fsp3) is 0.263. The molecule has 0 aliphatic carbocycles. The summed E-state index contributed by atoms with van der Waals surface area (Å²) in [6.45, 7) is 2.56. The highest BCUT2D eigenvalue weighted by molar-refractivity contribution is 7.71. The summed E-state index contributed by atoms with van der Waals surface area (Å²) in [6.07, 6.45) is 0.725. The van der Waals surface area contributed by atoms with E-state index in [1.165, 1.54) is 19.2 Å². The molecule has 0 aliphatic rings. The van der Waals surface area contributed by atoms with E-state index < -0.39 is 5.82 Å². The van der Waals surface area contributed by atoms with E-state index in [2.05, 4.69) is 15.6 Å². The van der Waals surface area contributed by atoms with Crippen LogP contribution in [0, 0.1) is 10.6 Å². The number of halogens is 3. The molecule has 0 radical (unpaired) electrons. The third-order valence-electron chi connectivity index (χ3n) is 4.18. The lowest BCUT2D eigenvalue weighted by atomic mass is 10.2. The maximum Gasteiger partial charge on any atom is 0.214 e. The number of methoxy groups -OCH3 is 1. The van der Waals surface area contributed by atoms with Crippen LogP contribution in [0.3, 0.4) is 0 Å². The van der Waals surface area contributed by atoms with Crippen LogP contribution >= 0.6 is 35.4 Å². The molecular weight excluding hydrogens is 438 g/mol. The molecule has 0 spiro atoms. The van der Waals surface area contributed by atoms with Gasteiger partial charge in [-0.25, -0.2) is 9.07 Å². The van der Waals surface area contributed by atoms with Crippen molar-refractivity contribution in [2.24, 2.45) is 0 Å². The summed E-state index contributed by atoms with van der Waals surface area (Å²) in [6, 6.07) is 7.71. The lowest BCUT2D eigenvalue weighted by molar-refractivity contribution is 0.284. The minimum atomic E-state index is -0.407. The van der Waals surface area contributed by atoms with Gasteiger partial charge >= 0.3 is 0 Å². The Bertz CT molecular complexity index is 1070. The van der Waals surface area contributed by atoms with Crippen molar-refractivity contribution >= 4 is 35.4 Å². The Kier molecular flexibility index (Phi) is 7.00. The number of ether oxygens (including phenoxy) is 2. The Morgan fingerprint density at radius 2 is 2.03 bits per heavy atom. The maximum atomic E-state index is 13.2. The van der Waals surface area contributed by atoms with Crippen LogP contribution in [-0.2, 0) is 19.6 Å². The summed E-state index contributed by atoms with van der Waals surface area (Å²) < 4.78 is 26.6. The van der Waals surface area contributed by atoms with Gasteiger partial charge in [-0.3, -0.25) is 5.10 Å². The largest absolute Gasteiger partial charge is 0.493 e. The van der Waals surface area contributed by atoms with Crippen molar-refractivity contribution in [3.63, 3.8) is 0 Å². The molecule has 29 heavy (non-hydrogen) atoms. The number of nitrogens with one attached hydrogen (secondary N) is 2. The highest BCUT2D eigenvalue weighted by Gasteiger charge is 2.14. The van der Waals surface area contributed by atoms with Gasteiger partial charge in [-0.15, -0.1) is 0 Å². The summed E-state index contributed by atoms with van der Waals surface area (Å²) in [5.41, 5.74) is 4.71. The van der Waals surface area contributed by atoms with Crippen LogP contribution in [0.2, 0.25) is 10.0 Å². The molecular formula is C19H19Cl2FN4O2S. The molecule has 0 saturated carbocycles. The van der Waals surface area contributed by atoms with Crippen LogP contribution in [0.1, 0.15) is 23.9 Å². The zero-order valence-corrected chi connectivity index (χ0v) is 18.1. The normalized spacial score (nSPS) is 10.8. The van der Waals surface area contributed by atoms with E-state index in [0.717, 1.165) is 17.8 Å². The Morgan fingerprint density at radius 1 is 1.24 bits per heavy atom. The molecule has 3 rings (SSSR count). The molecule has 10 heteroatoms. The zero-order valence-electron chi connectivity index (χ0n) is 15.8. The summed E-state index contributed by atoms with van der Waals surface area (Å²) in [7, 11) is 1.53. The molecule has 0 amide bonds. The Hall–Kier alpha value is -2.29. The molecule has 0 saturated heterocycles. The topological polar surface area (TPSA) is 64.1 Å². The molecule has 0 atom stereocenters. The fourth-order valence-electron chi connectivity index (χ4n) is 2.70. The number of aromatic amines is 1. The molecule has 6 nitrogen and oxygen atoms in total. The molecule has 2 N–H and O–H groups in total. The fourth-order valence-corrected chi connectivity index (χ4v) is 3.43. The van der Waals surface area contributed by atoms with E-state index in [0.29, 0.717) is 33.4 Å². The predicted molar refractivity (Wildman–Crippen MR) is 114 cm³/mol. The van der Waals surface area contributed by atoms with Gasteiger partial charge in [0.2, 0.25) is 4.77 Å². The van der Waals surface area contributed by atoms with Crippen LogP contribution in [0.5, 0.6) is 11.5 Å². The van der Waals surface area contributed by atoms with Gasteiger partial charge in [0.25, 0.3) is 0 Å². The minimum Gasteiger partial charge on any atom is -0.493 e. The van der Waals surface area contributed by atoms with Gasteiger partial charge in [0.15, 0.2) is 17.3 Å². The van der Waals surface area contributed by atoms with E-state index in [9.17, 15) is 4.39 Å². The maximum absolute atomic E-state index is 13.2. The number of aryl methyl sites for hydroxylation is 1. The number of benzene rings is 2. The molecule has 0 bridgehead atoms. The van der Waals surface area contributed by atoms with Gasteiger partial charge in [-0.05, 0) is 42.0 Å². The molecule has 1 aromatic heterocycles. The second-order valence-electron chi connectivity index (χ2n) is 6.10. The monoisotopic (exact) mass is 456 g/mol. The second kappa shape index (κ2) is 9.47. The highest BCUT2D eigenvalue weighted by atomic mass is 35.5. The minimum absolute atomic E-state index is 0.122. The average molecular weight is 457 g/mol. The molecule has 1 heterocycles. The van der Waals surface area contributed by atoms with Crippen LogP contribution in [0.25, 0.3) is 0 Å². The van der Waals surface area contributed by atoms with E-state index in [1.54, 1.807) is 16.8 Å². The van der Waals surface area contributed by atoms with Gasteiger partial charge < -0.3 is 14.9 Å². The number of aromatic nitrogens is 3. The first-order chi connectivity index (χ1) is 13.9. The Labute approximate surface area is 182 Å². The number of rotatable bonds is 8. The van der Waals surface area contributed by atoms with Crippen LogP contribution in [0.4, 0.5) is 4.39 Å². The van der Waals surface area contributed by atoms with Gasteiger partial charge in [-0.2, -0.15) is 5.10 Å². The number of nitrogens with zero attached hydrogens (tertiary/aromatic N) is 2. The summed E-state index contributed by atoms with van der Waals surface area (Å²) in [4.78, 5) is 0. The van der Waals surface area contributed by atoms with E-state index >= 15 is 0 Å². The zero-order chi connectivity index (χ0) is 21.0. The third-order valence-corrected chi connectivity index (χ3v) is 5.08. The van der Waals surface area contributed by atoms with Crippen molar-refractivity contribution in [1.82, 2.24) is 14.9 Å². The quantitative estimate of drug-likeness (QED) is 0.451. The first kappa shape index (κ1) is 21.4. The third kappa shape index (κ3) is 5.01. The van der Waals surface area contributed by atoms with E-state index in [4.69, 9.17) is 44.9 Å². The van der Waals surface area contributed by atoms with Gasteiger partial charge in [-0.1, -0.05) is 36.2 Å². The molecule has 0 fully saturated rings. The molecule has 2 aromatic carbocycles. The van der Waals surface area contributed by atoms with Crippen LogP contribution in [0.15, 0.2) is 30.3 Å². The van der Waals surface area contributed by atoms with Crippen molar-refractivity contribution in [3.8, 4) is 11.5 Å². The van der Waals surface area contributed by atoms with Crippen LogP contribution in [-0.4, -0.2) is 22.0 Å². The lowest BCUT2D eigenvalue weighted by Crippen LogP contribution is -2.17. The van der Waals surface area contributed by atoms with Crippen molar-refractivity contribution in [2.45, 2.75) is 26.5 Å². The predicted octanol–water partition coefficient (Wildman–Crippen LogP) is 5.28. The van der Waals surface area contributed by atoms with E-state index in [1.807, 2.05) is 13.0 Å². The van der Waals surface area contributed by atoms with E-state index in [-0.39, 0.29) is 11.6 Å².